The molecule has 1 unspecified atom stereocenters. The minimum atomic E-state index is -1.04. The molecule has 0 heterocycles. The standard InChI is InChI=1S/C14H15BrFNO4/c15-10-6-9(16)3-4-12(10)21-7-13(18)17-11(14(19)20)5-8-1-2-8/h3-4,6,8,11H,1-2,5,7H2,(H,17,18)(H,19,20). The van der Waals surface area contributed by atoms with Crippen LogP contribution in [0, 0.1) is 11.7 Å². The van der Waals surface area contributed by atoms with Crippen molar-refractivity contribution in [2.45, 2.75) is 25.3 Å². The van der Waals surface area contributed by atoms with Gasteiger partial charge in [0.2, 0.25) is 0 Å². The number of aliphatic carboxylic acids is 1. The third-order valence-corrected chi connectivity index (χ3v) is 3.77. The van der Waals surface area contributed by atoms with Crippen molar-refractivity contribution in [1.82, 2.24) is 5.32 Å². The zero-order valence-electron chi connectivity index (χ0n) is 11.1. The predicted octanol–water partition coefficient (Wildman–Crippen LogP) is 2.34. The Hall–Kier alpha value is -1.63. The van der Waals surface area contributed by atoms with Crippen LogP contribution in [0.5, 0.6) is 5.75 Å². The van der Waals surface area contributed by atoms with Crippen molar-refractivity contribution in [3.8, 4) is 5.75 Å². The quantitative estimate of drug-likeness (QED) is 0.783. The lowest BCUT2D eigenvalue weighted by atomic mass is 10.1. The number of nitrogens with one attached hydrogen (secondary N) is 1. The molecule has 0 saturated heterocycles. The van der Waals surface area contributed by atoms with Crippen LogP contribution in [0.4, 0.5) is 4.39 Å². The average molecular weight is 360 g/mol. The summed E-state index contributed by atoms with van der Waals surface area (Å²) in [6.07, 6.45) is 2.47. The van der Waals surface area contributed by atoms with E-state index in [-0.39, 0.29) is 6.61 Å². The minimum Gasteiger partial charge on any atom is -0.483 e. The molecule has 1 saturated carbocycles. The van der Waals surface area contributed by atoms with Crippen molar-refractivity contribution in [2.75, 3.05) is 6.61 Å². The van der Waals surface area contributed by atoms with Crippen LogP contribution in [-0.4, -0.2) is 29.6 Å². The Morgan fingerprint density at radius 2 is 2.19 bits per heavy atom. The molecule has 21 heavy (non-hydrogen) atoms. The van der Waals surface area contributed by atoms with E-state index in [1.54, 1.807) is 0 Å². The van der Waals surface area contributed by atoms with E-state index >= 15 is 0 Å². The fraction of sp³-hybridized carbons (Fsp3) is 0.429. The summed E-state index contributed by atoms with van der Waals surface area (Å²) < 4.78 is 18.5. The first-order chi connectivity index (χ1) is 9.95. The van der Waals surface area contributed by atoms with Crippen LogP contribution in [0.2, 0.25) is 0 Å². The van der Waals surface area contributed by atoms with Gasteiger partial charge >= 0.3 is 5.97 Å². The Morgan fingerprint density at radius 1 is 1.48 bits per heavy atom. The van der Waals surface area contributed by atoms with Crippen molar-refractivity contribution >= 4 is 27.8 Å². The maximum absolute atomic E-state index is 12.9. The Balaban J connectivity index is 1.84. The lowest BCUT2D eigenvalue weighted by molar-refractivity contribution is -0.142. The van der Waals surface area contributed by atoms with Gasteiger partial charge in [-0.3, -0.25) is 4.79 Å². The van der Waals surface area contributed by atoms with Gasteiger partial charge in [0.05, 0.1) is 4.47 Å². The molecule has 1 aromatic carbocycles. The van der Waals surface area contributed by atoms with Gasteiger partial charge in [0.1, 0.15) is 17.6 Å². The summed E-state index contributed by atoms with van der Waals surface area (Å²) in [4.78, 5) is 22.8. The highest BCUT2D eigenvalue weighted by Crippen LogP contribution is 2.33. The summed E-state index contributed by atoms with van der Waals surface area (Å²) in [6, 6.07) is 2.95. The van der Waals surface area contributed by atoms with Gasteiger partial charge in [-0.05, 0) is 46.5 Å². The summed E-state index contributed by atoms with van der Waals surface area (Å²) in [5, 5.41) is 11.5. The van der Waals surface area contributed by atoms with E-state index in [1.807, 2.05) is 0 Å². The first-order valence-corrected chi connectivity index (χ1v) is 7.35. The van der Waals surface area contributed by atoms with Crippen molar-refractivity contribution in [3.05, 3.63) is 28.5 Å². The van der Waals surface area contributed by atoms with Crippen LogP contribution in [-0.2, 0) is 9.59 Å². The normalized spacial score (nSPS) is 15.3. The molecule has 0 aromatic heterocycles. The summed E-state index contributed by atoms with van der Waals surface area (Å²) >= 11 is 3.12. The monoisotopic (exact) mass is 359 g/mol. The number of carboxylic acids is 1. The Labute approximate surface area is 129 Å². The van der Waals surface area contributed by atoms with E-state index in [0.717, 1.165) is 12.8 Å². The van der Waals surface area contributed by atoms with Crippen molar-refractivity contribution in [3.63, 3.8) is 0 Å². The molecule has 0 bridgehead atoms. The highest BCUT2D eigenvalue weighted by atomic mass is 79.9. The van der Waals surface area contributed by atoms with Crippen LogP contribution in [0.25, 0.3) is 0 Å². The maximum atomic E-state index is 12.9. The summed E-state index contributed by atoms with van der Waals surface area (Å²) in [7, 11) is 0. The zero-order chi connectivity index (χ0) is 15.4. The Morgan fingerprint density at radius 3 is 2.76 bits per heavy atom. The van der Waals surface area contributed by atoms with E-state index in [9.17, 15) is 14.0 Å². The molecule has 1 amide bonds. The molecule has 1 atom stereocenters. The second kappa shape index (κ2) is 6.89. The molecule has 1 aliphatic rings. The van der Waals surface area contributed by atoms with Gasteiger partial charge in [0.15, 0.2) is 6.61 Å². The van der Waals surface area contributed by atoms with Gasteiger partial charge in [-0.1, -0.05) is 12.8 Å². The van der Waals surface area contributed by atoms with Crippen LogP contribution in [0.1, 0.15) is 19.3 Å². The number of carbonyl (C=O) groups is 2. The number of amides is 1. The fourth-order valence-electron chi connectivity index (χ4n) is 1.88. The van der Waals surface area contributed by atoms with E-state index in [2.05, 4.69) is 21.2 Å². The summed E-state index contributed by atoms with van der Waals surface area (Å²) in [5.41, 5.74) is 0. The predicted molar refractivity (Wildman–Crippen MR) is 76.5 cm³/mol. The molecule has 0 spiro atoms. The molecule has 7 heteroatoms. The SMILES string of the molecule is O=C(COc1ccc(F)cc1Br)NC(CC1CC1)C(=O)O. The number of halogens is 2. The minimum absolute atomic E-state index is 0.320. The molecule has 1 aliphatic carbocycles. The van der Waals surface area contributed by atoms with Crippen LogP contribution in [0.15, 0.2) is 22.7 Å². The fourth-order valence-corrected chi connectivity index (χ4v) is 2.35. The molecule has 0 aliphatic heterocycles. The largest absolute Gasteiger partial charge is 0.483 e. The molecule has 5 nitrogen and oxygen atoms in total. The van der Waals surface area contributed by atoms with E-state index in [4.69, 9.17) is 9.84 Å². The molecule has 1 fully saturated rings. The van der Waals surface area contributed by atoms with E-state index < -0.39 is 23.7 Å². The van der Waals surface area contributed by atoms with Gasteiger partial charge in [0.25, 0.3) is 5.91 Å². The maximum Gasteiger partial charge on any atom is 0.326 e. The highest BCUT2D eigenvalue weighted by Gasteiger charge is 2.30. The third-order valence-electron chi connectivity index (χ3n) is 3.15. The van der Waals surface area contributed by atoms with Gasteiger partial charge in [-0.25, -0.2) is 9.18 Å². The van der Waals surface area contributed by atoms with Crippen molar-refractivity contribution in [1.29, 1.82) is 0 Å². The summed E-state index contributed by atoms with van der Waals surface area (Å²) in [6.45, 7) is -0.321. The second-order valence-corrected chi connectivity index (χ2v) is 5.86. The number of ether oxygens (including phenoxy) is 1. The Bertz CT molecular complexity index is 548. The first-order valence-electron chi connectivity index (χ1n) is 6.55. The smallest absolute Gasteiger partial charge is 0.326 e. The van der Waals surface area contributed by atoms with Gasteiger partial charge < -0.3 is 15.2 Å². The lowest BCUT2D eigenvalue weighted by Gasteiger charge is -2.14. The molecule has 0 radical (unpaired) electrons. The number of carboxylic acid groups (broad SMARTS) is 1. The lowest BCUT2D eigenvalue weighted by Crippen LogP contribution is -2.43. The molecule has 2 rings (SSSR count). The Kier molecular flexibility index (Phi) is 5.17. The number of hydrogen-bond donors (Lipinski definition) is 2. The number of carbonyl (C=O) groups excluding carboxylic acids is 1. The number of benzene rings is 1. The zero-order valence-corrected chi connectivity index (χ0v) is 12.7. The molecular formula is C14H15BrFNO4. The van der Waals surface area contributed by atoms with Gasteiger partial charge in [0, 0.05) is 0 Å². The molecule has 1 aromatic rings. The first kappa shape index (κ1) is 15.8. The van der Waals surface area contributed by atoms with Crippen LogP contribution < -0.4 is 10.1 Å². The highest BCUT2D eigenvalue weighted by molar-refractivity contribution is 9.10. The van der Waals surface area contributed by atoms with E-state index in [1.165, 1.54) is 18.2 Å². The molecule has 114 valence electrons. The van der Waals surface area contributed by atoms with Crippen molar-refractivity contribution in [2.24, 2.45) is 5.92 Å². The van der Waals surface area contributed by atoms with Gasteiger partial charge in [-0.2, -0.15) is 0 Å². The second-order valence-electron chi connectivity index (χ2n) is 5.00. The van der Waals surface area contributed by atoms with E-state index in [0.29, 0.717) is 22.6 Å². The van der Waals surface area contributed by atoms with Crippen molar-refractivity contribution < 1.29 is 23.8 Å². The number of rotatable bonds is 7. The van der Waals surface area contributed by atoms with Crippen LogP contribution in [0.3, 0.4) is 0 Å². The third kappa shape index (κ3) is 5.00. The topological polar surface area (TPSA) is 75.6 Å². The summed E-state index contributed by atoms with van der Waals surface area (Å²) in [5.74, 6) is -1.27. The van der Waals surface area contributed by atoms with Gasteiger partial charge in [-0.15, -0.1) is 0 Å². The van der Waals surface area contributed by atoms with Crippen LogP contribution >= 0.6 is 15.9 Å². The molecular weight excluding hydrogens is 345 g/mol. The number of hydrogen-bond acceptors (Lipinski definition) is 3. The molecule has 2 N–H and O–H groups in total. The average Bonchev–Trinajstić information content (AvgIpc) is 3.21.